The minimum Gasteiger partial charge on any atom is -0.320 e. The van der Waals surface area contributed by atoms with Crippen LogP contribution in [0.1, 0.15) is 26.7 Å². The topological polar surface area (TPSA) is 82.3 Å². The van der Waals surface area contributed by atoms with Gasteiger partial charge in [0.2, 0.25) is 5.91 Å². The van der Waals surface area contributed by atoms with E-state index in [1.807, 2.05) is 0 Å². The first kappa shape index (κ1) is 11.9. The largest absolute Gasteiger partial charge is 0.322 e. The lowest BCUT2D eigenvalue weighted by molar-refractivity contribution is -0.125. The molecule has 100 valence electrons. The minimum absolute atomic E-state index is 0.235. The Hall–Kier alpha value is -1.14. The van der Waals surface area contributed by atoms with Gasteiger partial charge in [-0.1, -0.05) is 13.8 Å². The first-order valence-electron chi connectivity index (χ1n) is 6.68. The number of imide groups is 1. The minimum atomic E-state index is -0.411. The fourth-order valence-electron chi connectivity index (χ4n) is 3.34. The molecule has 0 bridgehead atoms. The second-order valence-electron chi connectivity index (χ2n) is 5.89. The smallest absolute Gasteiger partial charge is 0.320 e. The summed E-state index contributed by atoms with van der Waals surface area (Å²) >= 11 is 0. The Morgan fingerprint density at radius 2 is 1.61 bits per heavy atom. The van der Waals surface area contributed by atoms with Crippen molar-refractivity contribution in [2.45, 2.75) is 51.0 Å². The van der Waals surface area contributed by atoms with Crippen molar-refractivity contribution in [1.82, 2.24) is 21.3 Å². The van der Waals surface area contributed by atoms with E-state index in [4.69, 9.17) is 0 Å². The number of hydrogen-bond acceptors (Lipinski definition) is 4. The number of urea groups is 1. The van der Waals surface area contributed by atoms with Crippen LogP contribution in [0.25, 0.3) is 0 Å². The van der Waals surface area contributed by atoms with Gasteiger partial charge in [0.25, 0.3) is 0 Å². The fraction of sp³-hybridized carbons (Fsp3) is 0.833. The summed E-state index contributed by atoms with van der Waals surface area (Å²) in [5.41, 5.74) is 0. The number of fused-ring (bicyclic) bond motifs is 2. The highest BCUT2D eigenvalue weighted by Crippen LogP contribution is 2.32. The van der Waals surface area contributed by atoms with E-state index in [1.54, 1.807) is 0 Å². The predicted molar refractivity (Wildman–Crippen MR) is 65.7 cm³/mol. The molecule has 3 amide bonds. The number of carbonyl (C=O) groups is 2. The van der Waals surface area contributed by atoms with Crippen molar-refractivity contribution in [2.24, 2.45) is 11.8 Å². The predicted octanol–water partition coefficient (Wildman–Crippen LogP) is -0.483. The molecule has 18 heavy (non-hydrogen) atoms. The van der Waals surface area contributed by atoms with Gasteiger partial charge in [-0.05, 0) is 24.7 Å². The van der Waals surface area contributed by atoms with Crippen LogP contribution in [0.15, 0.2) is 0 Å². The van der Waals surface area contributed by atoms with Crippen LogP contribution in [-0.2, 0) is 4.79 Å². The van der Waals surface area contributed by atoms with Gasteiger partial charge in [0, 0.05) is 12.1 Å². The van der Waals surface area contributed by atoms with Crippen LogP contribution >= 0.6 is 0 Å². The van der Waals surface area contributed by atoms with Crippen molar-refractivity contribution < 1.29 is 9.59 Å². The van der Waals surface area contributed by atoms with Crippen molar-refractivity contribution in [1.29, 1.82) is 0 Å². The van der Waals surface area contributed by atoms with E-state index in [2.05, 4.69) is 35.1 Å². The molecule has 6 atom stereocenters. The van der Waals surface area contributed by atoms with Crippen LogP contribution in [0.4, 0.5) is 4.79 Å². The van der Waals surface area contributed by atoms with Crippen molar-refractivity contribution >= 4 is 11.9 Å². The van der Waals surface area contributed by atoms with Gasteiger partial charge in [0.05, 0.1) is 0 Å². The first-order valence-corrected chi connectivity index (χ1v) is 6.68. The van der Waals surface area contributed by atoms with Gasteiger partial charge in [-0.25, -0.2) is 4.79 Å². The molecule has 1 saturated carbocycles. The Kier molecular flexibility index (Phi) is 2.79. The molecular weight excluding hydrogens is 232 g/mol. The van der Waals surface area contributed by atoms with Gasteiger partial charge in [0.1, 0.15) is 12.2 Å². The second kappa shape index (κ2) is 4.20. The standard InChI is InChI=1S/C12H20N4O2/c1-5-3-7-8(4-6(5)2)14-10-9(13-7)11(17)16-12(18)15-10/h5-10,13-14H,3-4H2,1-2H3,(H2,15,16,17,18). The number of hydrogen-bond donors (Lipinski definition) is 4. The highest BCUT2D eigenvalue weighted by atomic mass is 16.2. The maximum Gasteiger partial charge on any atom is 0.322 e. The lowest BCUT2D eigenvalue weighted by Crippen LogP contribution is -2.78. The van der Waals surface area contributed by atoms with Crippen molar-refractivity contribution in [3.8, 4) is 0 Å². The summed E-state index contributed by atoms with van der Waals surface area (Å²) in [5.74, 6) is 1.10. The Morgan fingerprint density at radius 3 is 2.28 bits per heavy atom. The summed E-state index contributed by atoms with van der Waals surface area (Å²) in [6, 6.07) is -0.113. The summed E-state index contributed by atoms with van der Waals surface area (Å²) in [4.78, 5) is 23.1. The highest BCUT2D eigenvalue weighted by molar-refractivity contribution is 6.00. The number of piperazine rings is 1. The van der Waals surface area contributed by atoms with Crippen LogP contribution in [0, 0.1) is 11.8 Å². The average molecular weight is 252 g/mol. The molecule has 0 spiro atoms. The quantitative estimate of drug-likeness (QED) is 0.469. The van der Waals surface area contributed by atoms with E-state index in [-0.39, 0.29) is 18.1 Å². The van der Waals surface area contributed by atoms with Gasteiger partial charge in [-0.2, -0.15) is 0 Å². The van der Waals surface area contributed by atoms with E-state index in [0.29, 0.717) is 23.9 Å². The monoisotopic (exact) mass is 252 g/mol. The van der Waals surface area contributed by atoms with Crippen molar-refractivity contribution in [3.05, 3.63) is 0 Å². The average Bonchev–Trinajstić information content (AvgIpc) is 2.29. The van der Waals surface area contributed by atoms with Gasteiger partial charge in [-0.3, -0.25) is 20.7 Å². The third-order valence-electron chi connectivity index (χ3n) is 4.63. The summed E-state index contributed by atoms with van der Waals surface area (Å²) in [7, 11) is 0. The summed E-state index contributed by atoms with van der Waals surface area (Å²) in [5, 5.41) is 11.9. The molecule has 6 nitrogen and oxygen atoms in total. The van der Waals surface area contributed by atoms with Gasteiger partial charge in [0.15, 0.2) is 0 Å². The second-order valence-corrected chi connectivity index (χ2v) is 5.89. The maximum atomic E-state index is 11.8. The summed E-state index contributed by atoms with van der Waals surface area (Å²) in [6.45, 7) is 4.53. The van der Waals surface area contributed by atoms with Crippen LogP contribution in [0.2, 0.25) is 0 Å². The van der Waals surface area contributed by atoms with Crippen LogP contribution in [0.3, 0.4) is 0 Å². The summed E-state index contributed by atoms with van der Waals surface area (Å²) in [6.07, 6.45) is 1.87. The van der Waals surface area contributed by atoms with Gasteiger partial charge in [-0.15, -0.1) is 0 Å². The van der Waals surface area contributed by atoms with E-state index >= 15 is 0 Å². The maximum absolute atomic E-state index is 11.8. The molecule has 0 aromatic rings. The van der Waals surface area contributed by atoms with Gasteiger partial charge >= 0.3 is 6.03 Å². The molecule has 3 rings (SSSR count). The SMILES string of the molecule is CC1CC2NC3NC(=O)NC(=O)C3NC2CC1C. The molecular formula is C12H20N4O2. The van der Waals surface area contributed by atoms with Crippen LogP contribution in [-0.4, -0.2) is 36.2 Å². The Bertz CT molecular complexity index is 386. The molecule has 0 aromatic carbocycles. The molecule has 4 N–H and O–H groups in total. The number of carbonyl (C=O) groups excluding carboxylic acids is 2. The first-order chi connectivity index (χ1) is 8.54. The highest BCUT2D eigenvalue weighted by Gasteiger charge is 2.46. The Balaban J connectivity index is 1.76. The molecule has 6 unspecified atom stereocenters. The third kappa shape index (κ3) is 1.89. The molecule has 6 heteroatoms. The van der Waals surface area contributed by atoms with Crippen LogP contribution < -0.4 is 21.3 Å². The van der Waals surface area contributed by atoms with Crippen LogP contribution in [0.5, 0.6) is 0 Å². The molecule has 3 fully saturated rings. The zero-order valence-electron chi connectivity index (χ0n) is 10.7. The van der Waals surface area contributed by atoms with Crippen molar-refractivity contribution in [2.75, 3.05) is 0 Å². The Morgan fingerprint density at radius 1 is 1.00 bits per heavy atom. The fourth-order valence-corrected chi connectivity index (χ4v) is 3.34. The normalized spacial score (nSPS) is 47.7. The molecule has 3 aliphatic rings. The molecule has 1 aliphatic carbocycles. The van der Waals surface area contributed by atoms with E-state index in [9.17, 15) is 9.59 Å². The number of rotatable bonds is 0. The number of amides is 3. The molecule has 2 saturated heterocycles. The zero-order chi connectivity index (χ0) is 12.9. The van der Waals surface area contributed by atoms with E-state index in [1.165, 1.54) is 0 Å². The summed E-state index contributed by atoms with van der Waals surface area (Å²) < 4.78 is 0. The third-order valence-corrected chi connectivity index (χ3v) is 4.63. The molecule has 2 aliphatic heterocycles. The molecule has 0 aromatic heterocycles. The lowest BCUT2D eigenvalue weighted by Gasteiger charge is -2.49. The number of nitrogens with one attached hydrogen (secondary N) is 4. The lowest BCUT2D eigenvalue weighted by atomic mass is 9.74. The van der Waals surface area contributed by atoms with Crippen molar-refractivity contribution in [3.63, 3.8) is 0 Å². The van der Waals surface area contributed by atoms with Gasteiger partial charge < -0.3 is 5.32 Å². The molecule has 0 radical (unpaired) electrons. The van der Waals surface area contributed by atoms with E-state index in [0.717, 1.165) is 12.8 Å². The van der Waals surface area contributed by atoms with E-state index < -0.39 is 6.03 Å². The molecule has 2 heterocycles. The Labute approximate surface area is 106 Å². The zero-order valence-corrected chi connectivity index (χ0v) is 10.7.